The lowest BCUT2D eigenvalue weighted by Crippen LogP contribution is -2.07. The van der Waals surface area contributed by atoms with Crippen molar-refractivity contribution in [1.29, 1.82) is 5.26 Å². The maximum atomic E-state index is 9.30. The Morgan fingerprint density at radius 2 is 1.95 bits per heavy atom. The highest BCUT2D eigenvalue weighted by molar-refractivity contribution is 5.42. The number of nitrogens with zero attached hydrogens (tertiary/aromatic N) is 1. The minimum atomic E-state index is 0.634. The Labute approximate surface area is 117 Å². The third kappa shape index (κ3) is 3.83. The molecule has 102 valence electrons. The van der Waals surface area contributed by atoms with E-state index >= 15 is 0 Å². The minimum Gasteiger partial charge on any atom is -0.192 e. The first-order chi connectivity index (χ1) is 9.35. The van der Waals surface area contributed by atoms with Crippen LogP contribution in [0.1, 0.15) is 80.9 Å². The van der Waals surface area contributed by atoms with E-state index in [4.69, 9.17) is 0 Å². The molecule has 1 aliphatic carbocycles. The largest absolute Gasteiger partial charge is 0.192 e. The summed E-state index contributed by atoms with van der Waals surface area (Å²) in [5, 5.41) is 9.30. The second-order valence-corrected chi connectivity index (χ2v) is 5.83. The Kier molecular flexibility index (Phi) is 5.45. The van der Waals surface area contributed by atoms with Gasteiger partial charge in [0.05, 0.1) is 11.6 Å². The summed E-state index contributed by atoms with van der Waals surface area (Å²) in [6.07, 6.45) is 11.6. The van der Waals surface area contributed by atoms with E-state index in [2.05, 4.69) is 25.1 Å². The Morgan fingerprint density at radius 3 is 2.63 bits per heavy atom. The molecule has 1 saturated carbocycles. The van der Waals surface area contributed by atoms with Gasteiger partial charge in [-0.3, -0.25) is 0 Å². The standard InChI is InChI=1S/C18H25N/c1-2-3-5-8-15-11-12-17(14-19)18(13-15)16-9-6-4-7-10-16/h11-13,16H,2-10H2,1H3. The van der Waals surface area contributed by atoms with Gasteiger partial charge in [0.2, 0.25) is 0 Å². The molecule has 0 amide bonds. The van der Waals surface area contributed by atoms with Crippen molar-refractivity contribution in [1.82, 2.24) is 0 Å². The molecule has 0 bridgehead atoms. The number of aryl methyl sites for hydroxylation is 1. The van der Waals surface area contributed by atoms with E-state index in [0.717, 1.165) is 5.56 Å². The summed E-state index contributed by atoms with van der Waals surface area (Å²) in [5.74, 6) is 0.634. The molecule has 1 heteroatoms. The van der Waals surface area contributed by atoms with E-state index in [-0.39, 0.29) is 0 Å². The van der Waals surface area contributed by atoms with Gasteiger partial charge in [-0.15, -0.1) is 0 Å². The van der Waals surface area contributed by atoms with Crippen LogP contribution < -0.4 is 0 Å². The molecule has 2 rings (SSSR count). The average Bonchev–Trinajstić information content (AvgIpc) is 2.48. The Morgan fingerprint density at radius 1 is 1.16 bits per heavy atom. The number of unbranched alkanes of at least 4 members (excludes halogenated alkanes) is 2. The van der Waals surface area contributed by atoms with Crippen LogP contribution in [0.5, 0.6) is 0 Å². The van der Waals surface area contributed by atoms with Crippen LogP contribution in [0.2, 0.25) is 0 Å². The predicted molar refractivity (Wildman–Crippen MR) is 80.2 cm³/mol. The van der Waals surface area contributed by atoms with Crippen molar-refractivity contribution >= 4 is 0 Å². The molecule has 1 nitrogen and oxygen atoms in total. The second-order valence-electron chi connectivity index (χ2n) is 5.83. The van der Waals surface area contributed by atoms with E-state index in [1.54, 1.807) is 0 Å². The number of hydrogen-bond donors (Lipinski definition) is 0. The fraction of sp³-hybridized carbons (Fsp3) is 0.611. The zero-order chi connectivity index (χ0) is 13.5. The first-order valence-corrected chi connectivity index (χ1v) is 7.88. The van der Waals surface area contributed by atoms with Crippen LogP contribution in [0.3, 0.4) is 0 Å². The molecule has 0 spiro atoms. The fourth-order valence-corrected chi connectivity index (χ4v) is 3.20. The zero-order valence-corrected chi connectivity index (χ0v) is 12.1. The van der Waals surface area contributed by atoms with Crippen molar-refractivity contribution in [3.8, 4) is 6.07 Å². The maximum absolute atomic E-state index is 9.30. The maximum Gasteiger partial charge on any atom is 0.0994 e. The molecule has 0 aromatic heterocycles. The Bertz CT molecular complexity index is 435. The number of hydrogen-bond acceptors (Lipinski definition) is 1. The smallest absolute Gasteiger partial charge is 0.0994 e. The van der Waals surface area contributed by atoms with E-state index < -0.39 is 0 Å². The van der Waals surface area contributed by atoms with Crippen molar-refractivity contribution in [3.05, 3.63) is 34.9 Å². The van der Waals surface area contributed by atoms with Crippen molar-refractivity contribution in [3.63, 3.8) is 0 Å². The van der Waals surface area contributed by atoms with Gasteiger partial charge >= 0.3 is 0 Å². The number of rotatable bonds is 5. The Hall–Kier alpha value is -1.29. The lowest BCUT2D eigenvalue weighted by molar-refractivity contribution is 0.443. The lowest BCUT2D eigenvalue weighted by atomic mass is 9.81. The molecule has 0 N–H and O–H groups in total. The summed E-state index contributed by atoms with van der Waals surface area (Å²) in [6, 6.07) is 8.91. The van der Waals surface area contributed by atoms with E-state index in [0.29, 0.717) is 5.92 Å². The average molecular weight is 255 g/mol. The van der Waals surface area contributed by atoms with Crippen molar-refractivity contribution in [2.24, 2.45) is 0 Å². The molecule has 19 heavy (non-hydrogen) atoms. The number of benzene rings is 1. The normalized spacial score (nSPS) is 16.2. The van der Waals surface area contributed by atoms with Crippen molar-refractivity contribution in [2.45, 2.75) is 70.6 Å². The molecule has 0 radical (unpaired) electrons. The summed E-state index contributed by atoms with van der Waals surface area (Å²) >= 11 is 0. The van der Waals surface area contributed by atoms with Crippen LogP contribution in [0.4, 0.5) is 0 Å². The first kappa shape index (κ1) is 14.1. The lowest BCUT2D eigenvalue weighted by Gasteiger charge is -2.23. The molecule has 0 atom stereocenters. The molecule has 0 saturated heterocycles. The Balaban J connectivity index is 2.14. The molecule has 0 unspecified atom stereocenters. The van der Waals surface area contributed by atoms with Gasteiger partial charge in [0.15, 0.2) is 0 Å². The fourth-order valence-electron chi connectivity index (χ4n) is 3.20. The highest BCUT2D eigenvalue weighted by Crippen LogP contribution is 2.34. The van der Waals surface area contributed by atoms with E-state index in [1.165, 1.54) is 68.9 Å². The molecular formula is C18H25N. The molecule has 1 fully saturated rings. The SMILES string of the molecule is CCCCCc1ccc(C#N)c(C2CCCCC2)c1. The van der Waals surface area contributed by atoms with E-state index in [1.807, 2.05) is 6.07 Å². The third-order valence-corrected chi connectivity index (χ3v) is 4.35. The van der Waals surface area contributed by atoms with Crippen LogP contribution in [0, 0.1) is 11.3 Å². The van der Waals surface area contributed by atoms with Crippen LogP contribution in [0.25, 0.3) is 0 Å². The molecule has 0 heterocycles. The quantitative estimate of drug-likeness (QED) is 0.652. The zero-order valence-electron chi connectivity index (χ0n) is 12.1. The molecular weight excluding hydrogens is 230 g/mol. The van der Waals surface area contributed by atoms with Gasteiger partial charge in [0, 0.05) is 0 Å². The molecule has 0 aliphatic heterocycles. The van der Waals surface area contributed by atoms with Gasteiger partial charge in [0.25, 0.3) is 0 Å². The highest BCUT2D eigenvalue weighted by Gasteiger charge is 2.18. The summed E-state index contributed by atoms with van der Waals surface area (Å²) < 4.78 is 0. The molecule has 1 aliphatic rings. The molecule has 1 aromatic rings. The minimum absolute atomic E-state index is 0.634. The third-order valence-electron chi connectivity index (χ3n) is 4.35. The van der Waals surface area contributed by atoms with Crippen LogP contribution in [0.15, 0.2) is 18.2 Å². The van der Waals surface area contributed by atoms with Gasteiger partial charge in [-0.2, -0.15) is 5.26 Å². The van der Waals surface area contributed by atoms with Gasteiger partial charge in [-0.05, 0) is 48.8 Å². The first-order valence-electron chi connectivity index (χ1n) is 7.88. The van der Waals surface area contributed by atoms with Gasteiger partial charge in [-0.25, -0.2) is 0 Å². The molecule has 1 aromatic carbocycles. The van der Waals surface area contributed by atoms with Crippen LogP contribution >= 0.6 is 0 Å². The van der Waals surface area contributed by atoms with Gasteiger partial charge in [-0.1, -0.05) is 51.2 Å². The van der Waals surface area contributed by atoms with Gasteiger partial charge < -0.3 is 0 Å². The second kappa shape index (κ2) is 7.34. The van der Waals surface area contributed by atoms with Gasteiger partial charge in [0.1, 0.15) is 0 Å². The summed E-state index contributed by atoms with van der Waals surface area (Å²) in [6.45, 7) is 2.24. The summed E-state index contributed by atoms with van der Waals surface area (Å²) in [5.41, 5.74) is 3.66. The van der Waals surface area contributed by atoms with E-state index in [9.17, 15) is 5.26 Å². The van der Waals surface area contributed by atoms with Crippen molar-refractivity contribution in [2.75, 3.05) is 0 Å². The number of nitriles is 1. The predicted octanol–water partition coefficient (Wildman–Crippen LogP) is 5.34. The van der Waals surface area contributed by atoms with Crippen molar-refractivity contribution < 1.29 is 0 Å². The summed E-state index contributed by atoms with van der Waals surface area (Å²) in [7, 11) is 0. The topological polar surface area (TPSA) is 23.8 Å². The van der Waals surface area contributed by atoms with Crippen LogP contribution in [-0.4, -0.2) is 0 Å². The highest BCUT2D eigenvalue weighted by atomic mass is 14.3. The monoisotopic (exact) mass is 255 g/mol. The van der Waals surface area contributed by atoms with Crippen LogP contribution in [-0.2, 0) is 6.42 Å². The summed E-state index contributed by atoms with van der Waals surface area (Å²) in [4.78, 5) is 0.